The number of nitrogens with one attached hydrogen (secondary N) is 1. The number of imidazole rings is 1. The highest BCUT2D eigenvalue weighted by atomic mass is 32.2. The number of hydrogen-bond acceptors (Lipinski definition) is 4. The Kier molecular flexibility index (Phi) is 6.38. The number of nitrogens with zero attached hydrogens (tertiary/aromatic N) is 3. The molecule has 1 aliphatic rings. The second kappa shape index (κ2) is 9.22. The normalized spacial score (nSPS) is 15.9. The first-order valence-electron chi connectivity index (χ1n) is 10.5. The summed E-state index contributed by atoms with van der Waals surface area (Å²) in [7, 11) is -1.88. The zero-order valence-corrected chi connectivity index (χ0v) is 18.6. The number of piperidine rings is 1. The molecule has 3 aromatic rings. The van der Waals surface area contributed by atoms with Crippen molar-refractivity contribution in [2.45, 2.75) is 30.2 Å². The Labute approximate surface area is 186 Å². The fourth-order valence-corrected chi connectivity index (χ4v) is 5.47. The van der Waals surface area contributed by atoms with E-state index in [1.807, 2.05) is 0 Å². The third kappa shape index (κ3) is 4.58. The molecule has 0 aliphatic carbocycles. The Morgan fingerprint density at radius 1 is 1.09 bits per heavy atom. The highest BCUT2D eigenvalue weighted by molar-refractivity contribution is 7.89. The number of carbonyl (C=O) groups is 1. The van der Waals surface area contributed by atoms with Gasteiger partial charge in [0.2, 0.25) is 10.0 Å². The summed E-state index contributed by atoms with van der Waals surface area (Å²) < 4.78 is 43.1. The van der Waals surface area contributed by atoms with Crippen molar-refractivity contribution in [1.29, 1.82) is 0 Å². The quantitative estimate of drug-likeness (QED) is 0.617. The van der Waals surface area contributed by atoms with Gasteiger partial charge >= 0.3 is 0 Å². The van der Waals surface area contributed by atoms with E-state index in [4.69, 9.17) is 0 Å². The second-order valence-corrected chi connectivity index (χ2v) is 9.79. The van der Waals surface area contributed by atoms with E-state index >= 15 is 0 Å². The summed E-state index contributed by atoms with van der Waals surface area (Å²) in [5.74, 6) is -0.371. The zero-order valence-electron chi connectivity index (χ0n) is 17.7. The third-order valence-corrected chi connectivity index (χ3v) is 7.52. The highest BCUT2D eigenvalue weighted by Crippen LogP contribution is 2.24. The molecule has 1 amide bonds. The molecule has 1 aromatic heterocycles. The van der Waals surface area contributed by atoms with Gasteiger partial charge in [0.25, 0.3) is 5.91 Å². The minimum absolute atomic E-state index is 0.0892. The number of carbonyl (C=O) groups excluding carboxylic acids is 1. The molecular weight excluding hydrogens is 431 g/mol. The molecule has 1 atom stereocenters. The topological polar surface area (TPSA) is 84.3 Å². The lowest BCUT2D eigenvalue weighted by atomic mass is 10.0. The standard InChI is InChI=1S/C23H25FN4O3S/c1-27-14-11-25-22(27)21(17-7-5-9-19(24)15-17)26-23(29)18-8-6-10-20(16-18)32(30,31)28-12-3-2-4-13-28/h5-11,14-16,21H,2-4,12-13H2,1H3,(H,26,29)/t21-/m0/s1. The summed E-state index contributed by atoms with van der Waals surface area (Å²) in [5, 5.41) is 2.88. The number of benzene rings is 2. The largest absolute Gasteiger partial charge is 0.338 e. The lowest BCUT2D eigenvalue weighted by molar-refractivity contribution is 0.0941. The van der Waals surface area contributed by atoms with E-state index in [9.17, 15) is 17.6 Å². The van der Waals surface area contributed by atoms with Crippen LogP contribution in [0.25, 0.3) is 0 Å². The van der Waals surface area contributed by atoms with Crippen molar-refractivity contribution in [1.82, 2.24) is 19.2 Å². The summed E-state index contributed by atoms with van der Waals surface area (Å²) >= 11 is 0. The molecule has 0 spiro atoms. The van der Waals surface area contributed by atoms with Crippen LogP contribution in [0, 0.1) is 5.82 Å². The van der Waals surface area contributed by atoms with E-state index in [1.54, 1.807) is 48.3 Å². The predicted octanol–water partition coefficient (Wildman–Crippen LogP) is 3.25. The van der Waals surface area contributed by atoms with Crippen LogP contribution in [0.2, 0.25) is 0 Å². The fourth-order valence-electron chi connectivity index (χ4n) is 3.90. The molecule has 0 saturated carbocycles. The molecule has 7 nitrogen and oxygen atoms in total. The molecule has 0 unspecified atom stereocenters. The maximum Gasteiger partial charge on any atom is 0.252 e. The second-order valence-electron chi connectivity index (χ2n) is 7.85. The van der Waals surface area contributed by atoms with Crippen LogP contribution in [0.1, 0.15) is 47.1 Å². The van der Waals surface area contributed by atoms with Crippen molar-refractivity contribution in [2.75, 3.05) is 13.1 Å². The van der Waals surface area contributed by atoms with E-state index < -0.39 is 27.8 Å². The van der Waals surface area contributed by atoms with Crippen molar-refractivity contribution < 1.29 is 17.6 Å². The number of amides is 1. The van der Waals surface area contributed by atoms with Gasteiger partial charge in [-0.3, -0.25) is 4.79 Å². The van der Waals surface area contributed by atoms with Crippen molar-refractivity contribution in [3.8, 4) is 0 Å². The first-order chi connectivity index (χ1) is 15.4. The van der Waals surface area contributed by atoms with Gasteiger partial charge in [0.15, 0.2) is 0 Å². The SMILES string of the molecule is Cn1ccnc1[C@@H](NC(=O)c1cccc(S(=O)(=O)N2CCCCC2)c1)c1cccc(F)c1. The van der Waals surface area contributed by atoms with Crippen LogP contribution in [-0.4, -0.2) is 41.3 Å². The van der Waals surface area contributed by atoms with Crippen LogP contribution >= 0.6 is 0 Å². The van der Waals surface area contributed by atoms with Crippen molar-refractivity contribution in [3.63, 3.8) is 0 Å². The average molecular weight is 457 g/mol. The van der Waals surface area contributed by atoms with Crippen LogP contribution < -0.4 is 5.32 Å². The van der Waals surface area contributed by atoms with Crippen LogP contribution in [0.3, 0.4) is 0 Å². The maximum atomic E-state index is 13.9. The Balaban J connectivity index is 1.63. The minimum Gasteiger partial charge on any atom is -0.338 e. The van der Waals surface area contributed by atoms with Crippen LogP contribution in [0.4, 0.5) is 4.39 Å². The molecule has 2 aromatic carbocycles. The number of sulfonamides is 1. The van der Waals surface area contributed by atoms with Crippen molar-refractivity contribution in [3.05, 3.63) is 83.7 Å². The molecule has 168 valence electrons. The monoisotopic (exact) mass is 456 g/mol. The van der Waals surface area contributed by atoms with Gasteiger partial charge in [-0.1, -0.05) is 24.6 Å². The van der Waals surface area contributed by atoms with E-state index in [1.165, 1.54) is 28.6 Å². The number of aromatic nitrogens is 2. The van der Waals surface area contributed by atoms with Gasteiger partial charge in [-0.25, -0.2) is 17.8 Å². The van der Waals surface area contributed by atoms with E-state index in [2.05, 4.69) is 10.3 Å². The molecule has 32 heavy (non-hydrogen) atoms. The Morgan fingerprint density at radius 2 is 1.84 bits per heavy atom. The van der Waals surface area contributed by atoms with E-state index in [0.29, 0.717) is 24.5 Å². The molecule has 2 heterocycles. The molecule has 1 fully saturated rings. The summed E-state index contributed by atoms with van der Waals surface area (Å²) in [6, 6.07) is 11.3. The highest BCUT2D eigenvalue weighted by Gasteiger charge is 2.27. The summed E-state index contributed by atoms with van der Waals surface area (Å²) in [6.45, 7) is 0.971. The molecule has 4 rings (SSSR count). The smallest absolute Gasteiger partial charge is 0.252 e. The molecule has 1 N–H and O–H groups in total. The fraction of sp³-hybridized carbons (Fsp3) is 0.304. The van der Waals surface area contributed by atoms with Crippen molar-refractivity contribution in [2.24, 2.45) is 7.05 Å². The molecular formula is C23H25FN4O3S. The van der Waals surface area contributed by atoms with Gasteiger partial charge in [0, 0.05) is 38.1 Å². The summed E-state index contributed by atoms with van der Waals surface area (Å²) in [6.07, 6.45) is 6.01. The Bertz CT molecular complexity index is 1220. The number of halogens is 1. The van der Waals surface area contributed by atoms with Crippen LogP contribution in [-0.2, 0) is 17.1 Å². The van der Waals surface area contributed by atoms with Gasteiger partial charge in [-0.15, -0.1) is 0 Å². The van der Waals surface area contributed by atoms with E-state index in [-0.39, 0.29) is 10.5 Å². The molecule has 0 radical (unpaired) electrons. The van der Waals surface area contributed by atoms with Crippen molar-refractivity contribution >= 4 is 15.9 Å². The number of rotatable bonds is 6. The molecule has 0 bridgehead atoms. The Morgan fingerprint density at radius 3 is 2.53 bits per heavy atom. The van der Waals surface area contributed by atoms with Gasteiger partial charge in [-0.05, 0) is 48.7 Å². The number of aryl methyl sites for hydroxylation is 1. The minimum atomic E-state index is -3.67. The molecule has 1 saturated heterocycles. The summed E-state index contributed by atoms with van der Waals surface area (Å²) in [4.78, 5) is 17.5. The first kappa shape index (κ1) is 22.2. The predicted molar refractivity (Wildman–Crippen MR) is 118 cm³/mol. The lowest BCUT2D eigenvalue weighted by Crippen LogP contribution is -2.36. The third-order valence-electron chi connectivity index (χ3n) is 5.62. The summed E-state index contributed by atoms with van der Waals surface area (Å²) in [5.41, 5.74) is 0.739. The van der Waals surface area contributed by atoms with Crippen LogP contribution in [0.5, 0.6) is 0 Å². The first-order valence-corrected chi connectivity index (χ1v) is 11.9. The van der Waals surface area contributed by atoms with Crippen LogP contribution in [0.15, 0.2) is 65.8 Å². The lowest BCUT2D eigenvalue weighted by Gasteiger charge is -2.26. The van der Waals surface area contributed by atoms with Gasteiger partial charge in [0.05, 0.1) is 4.90 Å². The average Bonchev–Trinajstić information content (AvgIpc) is 3.23. The maximum absolute atomic E-state index is 13.9. The Hall–Kier alpha value is -3.04. The number of hydrogen-bond donors (Lipinski definition) is 1. The van der Waals surface area contributed by atoms with Gasteiger partial charge in [-0.2, -0.15) is 4.31 Å². The van der Waals surface area contributed by atoms with Gasteiger partial charge in [0.1, 0.15) is 17.7 Å². The van der Waals surface area contributed by atoms with Gasteiger partial charge < -0.3 is 9.88 Å². The molecule has 9 heteroatoms. The molecule has 1 aliphatic heterocycles. The van der Waals surface area contributed by atoms with E-state index in [0.717, 1.165) is 19.3 Å². The zero-order chi connectivity index (χ0) is 22.7.